The zero-order valence-corrected chi connectivity index (χ0v) is 23.1. The molecule has 7 nitrogen and oxygen atoms in total. The number of amides is 1. The van der Waals surface area contributed by atoms with Gasteiger partial charge in [0, 0.05) is 31.7 Å². The third kappa shape index (κ3) is 6.03. The monoisotopic (exact) mass is 536 g/mol. The summed E-state index contributed by atoms with van der Waals surface area (Å²) >= 11 is 1.50. The van der Waals surface area contributed by atoms with Crippen molar-refractivity contribution in [3.05, 3.63) is 53.1 Å². The fraction of sp³-hybridized carbons (Fsp3) is 0.440. The highest BCUT2D eigenvalue weighted by Gasteiger charge is 2.27. The molecule has 1 amide bonds. The Morgan fingerprint density at radius 3 is 2.26 bits per heavy atom. The average molecular weight is 537 g/mol. The number of thiazole rings is 1. The summed E-state index contributed by atoms with van der Waals surface area (Å²) in [4.78, 5) is 22.3. The molecule has 1 saturated heterocycles. The van der Waals surface area contributed by atoms with Gasteiger partial charge in [0.15, 0.2) is 5.13 Å². The van der Waals surface area contributed by atoms with Crippen LogP contribution in [0.2, 0.25) is 0 Å². The molecule has 0 bridgehead atoms. The van der Waals surface area contributed by atoms with Gasteiger partial charge in [-0.15, -0.1) is 12.4 Å². The lowest BCUT2D eigenvalue weighted by atomic mass is 10.1. The summed E-state index contributed by atoms with van der Waals surface area (Å²) in [6, 6.07) is 10.5. The second-order valence-electron chi connectivity index (χ2n) is 9.15. The van der Waals surface area contributed by atoms with Crippen LogP contribution in [0.3, 0.4) is 0 Å². The minimum Gasteiger partial charge on any atom is -0.308 e. The SMILES string of the molecule is Cc1cc2nc(N(CCN(C)C)C(=O)c3ccc(S(=O)(=O)N4CCCCC4)cc3)sc2cc1C.Cl. The minimum atomic E-state index is -3.53. The smallest absolute Gasteiger partial charge is 0.260 e. The predicted octanol–water partition coefficient (Wildman–Crippen LogP) is 4.72. The Morgan fingerprint density at radius 2 is 1.63 bits per heavy atom. The van der Waals surface area contributed by atoms with Gasteiger partial charge >= 0.3 is 0 Å². The number of rotatable bonds is 7. The van der Waals surface area contributed by atoms with E-state index in [-0.39, 0.29) is 23.2 Å². The van der Waals surface area contributed by atoms with Crippen LogP contribution in [0, 0.1) is 13.8 Å². The van der Waals surface area contributed by atoms with Gasteiger partial charge in [0.1, 0.15) is 0 Å². The Hall–Kier alpha value is -2.04. The predicted molar refractivity (Wildman–Crippen MR) is 146 cm³/mol. The molecule has 0 spiro atoms. The minimum absolute atomic E-state index is 0. The van der Waals surface area contributed by atoms with Crippen LogP contribution < -0.4 is 4.90 Å². The standard InChI is InChI=1S/C25H32N4O3S2.ClH/c1-18-16-22-23(17-19(18)2)33-25(26-22)29(15-14-27(3)4)24(30)20-8-10-21(11-9-20)34(31,32)28-12-6-5-7-13-28;/h8-11,16-17H,5-7,12-15H2,1-4H3;1H. The molecule has 0 N–H and O–H groups in total. The molecule has 1 aliphatic heterocycles. The number of anilines is 1. The molecule has 0 saturated carbocycles. The zero-order chi connectivity index (χ0) is 24.5. The number of likely N-dealkylation sites (N-methyl/N-ethyl adjacent to an activating group) is 1. The summed E-state index contributed by atoms with van der Waals surface area (Å²) in [6.45, 7) is 6.40. The number of aromatic nitrogens is 1. The normalized spacial score (nSPS) is 14.8. The maximum Gasteiger partial charge on any atom is 0.260 e. The van der Waals surface area contributed by atoms with E-state index in [1.807, 2.05) is 19.0 Å². The van der Waals surface area contributed by atoms with E-state index in [0.717, 1.165) is 29.5 Å². The molecule has 2 aromatic carbocycles. The van der Waals surface area contributed by atoms with Crippen molar-refractivity contribution in [1.29, 1.82) is 0 Å². The first kappa shape index (κ1) is 27.5. The molecule has 1 aromatic heterocycles. The molecule has 0 radical (unpaired) electrons. The summed E-state index contributed by atoms with van der Waals surface area (Å²) < 4.78 is 28.5. The van der Waals surface area contributed by atoms with Gasteiger partial charge in [-0.25, -0.2) is 13.4 Å². The quantitative estimate of drug-likeness (QED) is 0.437. The van der Waals surface area contributed by atoms with Crippen molar-refractivity contribution < 1.29 is 13.2 Å². The third-order valence-corrected chi connectivity index (χ3v) is 9.25. The van der Waals surface area contributed by atoms with E-state index in [1.54, 1.807) is 33.5 Å². The number of carbonyl (C=O) groups is 1. The van der Waals surface area contributed by atoms with Crippen LogP contribution in [-0.4, -0.2) is 68.8 Å². The van der Waals surface area contributed by atoms with Crippen LogP contribution in [0.15, 0.2) is 41.3 Å². The molecular weight excluding hydrogens is 504 g/mol. The van der Waals surface area contributed by atoms with E-state index >= 15 is 0 Å². The highest BCUT2D eigenvalue weighted by Crippen LogP contribution is 2.32. The molecule has 0 atom stereocenters. The summed E-state index contributed by atoms with van der Waals surface area (Å²) in [6.07, 6.45) is 2.84. The molecule has 4 rings (SSSR count). The number of benzene rings is 2. The summed E-state index contributed by atoms with van der Waals surface area (Å²) in [5.41, 5.74) is 3.69. The van der Waals surface area contributed by atoms with Crippen molar-refractivity contribution in [3.8, 4) is 0 Å². The van der Waals surface area contributed by atoms with E-state index in [0.29, 0.717) is 36.9 Å². The second kappa shape index (κ2) is 11.3. The van der Waals surface area contributed by atoms with Crippen molar-refractivity contribution in [2.24, 2.45) is 0 Å². The number of piperidine rings is 1. The van der Waals surface area contributed by atoms with Gasteiger partial charge < -0.3 is 4.90 Å². The Morgan fingerprint density at radius 1 is 1.00 bits per heavy atom. The van der Waals surface area contributed by atoms with E-state index in [1.165, 1.54) is 22.5 Å². The average Bonchev–Trinajstić information content (AvgIpc) is 3.22. The maximum absolute atomic E-state index is 13.5. The Bertz CT molecular complexity index is 1250. The largest absolute Gasteiger partial charge is 0.308 e. The lowest BCUT2D eigenvalue weighted by molar-refractivity contribution is 0.0985. The number of fused-ring (bicyclic) bond motifs is 1. The number of halogens is 1. The molecule has 10 heteroatoms. The topological polar surface area (TPSA) is 73.8 Å². The highest BCUT2D eigenvalue weighted by molar-refractivity contribution is 7.89. The number of sulfonamides is 1. The number of hydrogen-bond donors (Lipinski definition) is 0. The van der Waals surface area contributed by atoms with Gasteiger partial charge in [0.2, 0.25) is 10.0 Å². The summed E-state index contributed by atoms with van der Waals surface area (Å²) in [5, 5.41) is 0.650. The van der Waals surface area contributed by atoms with Gasteiger partial charge in [-0.05, 0) is 88.3 Å². The van der Waals surface area contributed by atoms with Crippen molar-refractivity contribution in [1.82, 2.24) is 14.2 Å². The molecule has 0 unspecified atom stereocenters. The summed E-state index contributed by atoms with van der Waals surface area (Å²) in [7, 11) is 0.400. The summed E-state index contributed by atoms with van der Waals surface area (Å²) in [5.74, 6) is -0.184. The van der Waals surface area contributed by atoms with E-state index in [4.69, 9.17) is 4.98 Å². The van der Waals surface area contributed by atoms with Crippen LogP contribution >= 0.6 is 23.7 Å². The van der Waals surface area contributed by atoms with Crippen molar-refractivity contribution >= 4 is 55.0 Å². The van der Waals surface area contributed by atoms with Gasteiger partial charge in [-0.1, -0.05) is 17.8 Å². The van der Waals surface area contributed by atoms with Crippen LogP contribution in [0.1, 0.15) is 40.7 Å². The van der Waals surface area contributed by atoms with Crippen LogP contribution in [0.4, 0.5) is 5.13 Å². The van der Waals surface area contributed by atoms with Crippen LogP contribution in [0.25, 0.3) is 10.2 Å². The van der Waals surface area contributed by atoms with E-state index in [9.17, 15) is 13.2 Å². The molecule has 2 heterocycles. The maximum atomic E-state index is 13.5. The van der Waals surface area contributed by atoms with E-state index in [2.05, 4.69) is 26.0 Å². The fourth-order valence-electron chi connectivity index (χ4n) is 4.05. The molecular formula is C25H33ClN4O3S2. The molecule has 3 aromatic rings. The number of hydrogen-bond acceptors (Lipinski definition) is 6. The molecule has 1 fully saturated rings. The molecule has 35 heavy (non-hydrogen) atoms. The zero-order valence-electron chi connectivity index (χ0n) is 20.7. The van der Waals surface area contributed by atoms with Crippen molar-refractivity contribution in [3.63, 3.8) is 0 Å². The molecule has 190 valence electrons. The third-order valence-electron chi connectivity index (χ3n) is 6.29. The van der Waals surface area contributed by atoms with Gasteiger partial charge in [-0.2, -0.15) is 4.31 Å². The molecule has 1 aliphatic rings. The first-order valence-corrected chi connectivity index (χ1v) is 13.9. The molecule has 0 aliphatic carbocycles. The van der Waals surface area contributed by atoms with Gasteiger partial charge in [0.25, 0.3) is 5.91 Å². The van der Waals surface area contributed by atoms with Crippen molar-refractivity contribution in [2.45, 2.75) is 38.0 Å². The van der Waals surface area contributed by atoms with Crippen molar-refractivity contribution in [2.75, 3.05) is 45.2 Å². The lowest BCUT2D eigenvalue weighted by Crippen LogP contribution is -2.37. The van der Waals surface area contributed by atoms with Crippen LogP contribution in [-0.2, 0) is 10.0 Å². The first-order valence-electron chi connectivity index (χ1n) is 11.6. The Balaban J connectivity index is 0.00000342. The number of aryl methyl sites for hydroxylation is 2. The number of carbonyl (C=O) groups excluding carboxylic acids is 1. The highest BCUT2D eigenvalue weighted by atomic mass is 35.5. The number of nitrogens with zero attached hydrogens (tertiary/aromatic N) is 4. The Labute approximate surface area is 218 Å². The van der Waals surface area contributed by atoms with Gasteiger partial charge in [-0.3, -0.25) is 9.69 Å². The Kier molecular flexibility index (Phi) is 8.93. The second-order valence-corrected chi connectivity index (χ2v) is 12.1. The van der Waals surface area contributed by atoms with Crippen LogP contribution in [0.5, 0.6) is 0 Å². The lowest BCUT2D eigenvalue weighted by Gasteiger charge is -2.26. The van der Waals surface area contributed by atoms with Gasteiger partial charge in [0.05, 0.1) is 15.1 Å². The fourth-order valence-corrected chi connectivity index (χ4v) is 6.63. The van der Waals surface area contributed by atoms with E-state index < -0.39 is 10.0 Å². The first-order chi connectivity index (χ1) is 16.2.